The molecule has 90 valence electrons. The highest BCUT2D eigenvalue weighted by Gasteiger charge is 2.14. The molecule has 2 heteroatoms. The average Bonchev–Trinajstić information content (AvgIpc) is 2.26. The molecule has 1 aromatic rings. The third kappa shape index (κ3) is 3.91. The van der Waals surface area contributed by atoms with Gasteiger partial charge in [-0.15, -0.1) is 0 Å². The van der Waals surface area contributed by atoms with Gasteiger partial charge in [0, 0.05) is 16.6 Å². The lowest BCUT2D eigenvalue weighted by molar-refractivity contribution is 0.356. The van der Waals surface area contributed by atoms with Crippen molar-refractivity contribution in [2.75, 3.05) is 0 Å². The largest absolute Gasteiger partial charge is 0.307 e. The molecule has 0 aliphatic heterocycles. The maximum atomic E-state index is 3.69. The number of halogens is 1. The molecule has 1 N–H and O–H groups in total. The van der Waals surface area contributed by atoms with Crippen LogP contribution in [0.25, 0.3) is 0 Å². The maximum Gasteiger partial charge on any atom is 0.0294 e. The second-order valence-corrected chi connectivity index (χ2v) is 5.61. The lowest BCUT2D eigenvalue weighted by Gasteiger charge is -2.25. The highest BCUT2D eigenvalue weighted by atomic mass is 79.9. The standard InChI is InChI=1S/C14H22BrN/c1-5-14(10(2)3)16-11(4)12-6-8-13(15)9-7-12/h6-11,14,16H,5H2,1-4H3/t11-,14?/m0/s1. The lowest BCUT2D eigenvalue weighted by Crippen LogP contribution is -2.35. The van der Waals surface area contributed by atoms with E-state index in [1.165, 1.54) is 12.0 Å². The van der Waals surface area contributed by atoms with Crippen LogP contribution in [0.2, 0.25) is 0 Å². The molecule has 0 aromatic heterocycles. The van der Waals surface area contributed by atoms with Crippen molar-refractivity contribution in [1.82, 2.24) is 5.32 Å². The third-order valence-electron chi connectivity index (χ3n) is 3.08. The summed E-state index contributed by atoms with van der Waals surface area (Å²) in [7, 11) is 0. The van der Waals surface area contributed by atoms with Crippen LogP contribution in [0, 0.1) is 5.92 Å². The summed E-state index contributed by atoms with van der Waals surface area (Å²) in [5.41, 5.74) is 1.35. The molecule has 0 bridgehead atoms. The molecule has 0 spiro atoms. The fraction of sp³-hybridized carbons (Fsp3) is 0.571. The minimum Gasteiger partial charge on any atom is -0.307 e. The third-order valence-corrected chi connectivity index (χ3v) is 3.61. The molecule has 0 saturated heterocycles. The first kappa shape index (κ1) is 13.7. The minimum absolute atomic E-state index is 0.417. The molecule has 0 heterocycles. The molecule has 0 aliphatic carbocycles. The molecule has 1 unspecified atom stereocenters. The minimum atomic E-state index is 0.417. The molecule has 16 heavy (non-hydrogen) atoms. The van der Waals surface area contributed by atoms with Crippen LogP contribution in [-0.2, 0) is 0 Å². The van der Waals surface area contributed by atoms with E-state index in [-0.39, 0.29) is 0 Å². The lowest BCUT2D eigenvalue weighted by atomic mass is 9.99. The maximum absolute atomic E-state index is 3.69. The Morgan fingerprint density at radius 1 is 1.12 bits per heavy atom. The van der Waals surface area contributed by atoms with E-state index in [1.807, 2.05) is 0 Å². The van der Waals surface area contributed by atoms with E-state index in [0.717, 1.165) is 4.47 Å². The Morgan fingerprint density at radius 2 is 1.69 bits per heavy atom. The van der Waals surface area contributed by atoms with Crippen LogP contribution in [0.5, 0.6) is 0 Å². The number of benzene rings is 1. The smallest absolute Gasteiger partial charge is 0.0294 e. The van der Waals surface area contributed by atoms with E-state index in [4.69, 9.17) is 0 Å². The van der Waals surface area contributed by atoms with Gasteiger partial charge in [-0.3, -0.25) is 0 Å². The summed E-state index contributed by atoms with van der Waals surface area (Å²) in [5.74, 6) is 0.683. The van der Waals surface area contributed by atoms with E-state index >= 15 is 0 Å². The zero-order chi connectivity index (χ0) is 12.1. The van der Waals surface area contributed by atoms with E-state index in [1.54, 1.807) is 0 Å². The van der Waals surface area contributed by atoms with Crippen molar-refractivity contribution in [3.8, 4) is 0 Å². The molecule has 0 fully saturated rings. The molecule has 0 amide bonds. The summed E-state index contributed by atoms with van der Waals surface area (Å²) < 4.78 is 1.14. The van der Waals surface area contributed by atoms with Crippen LogP contribution in [0.15, 0.2) is 28.7 Å². The Balaban J connectivity index is 2.64. The molecule has 1 nitrogen and oxygen atoms in total. The van der Waals surface area contributed by atoms with Crippen LogP contribution in [0.1, 0.15) is 45.7 Å². The quantitative estimate of drug-likeness (QED) is 0.837. The van der Waals surface area contributed by atoms with Gasteiger partial charge in [-0.25, -0.2) is 0 Å². The monoisotopic (exact) mass is 283 g/mol. The highest BCUT2D eigenvalue weighted by molar-refractivity contribution is 9.10. The predicted octanol–water partition coefficient (Wildman–Crippen LogP) is 4.53. The molecule has 1 aromatic carbocycles. The van der Waals surface area contributed by atoms with Crippen molar-refractivity contribution in [2.24, 2.45) is 5.92 Å². The van der Waals surface area contributed by atoms with Gasteiger partial charge in [0.25, 0.3) is 0 Å². The van der Waals surface area contributed by atoms with E-state index in [0.29, 0.717) is 18.0 Å². The fourth-order valence-electron chi connectivity index (χ4n) is 1.95. The van der Waals surface area contributed by atoms with Crippen molar-refractivity contribution >= 4 is 15.9 Å². The van der Waals surface area contributed by atoms with Crippen LogP contribution in [0.4, 0.5) is 0 Å². The second-order valence-electron chi connectivity index (χ2n) is 4.70. The number of nitrogens with one attached hydrogen (secondary N) is 1. The zero-order valence-electron chi connectivity index (χ0n) is 10.6. The van der Waals surface area contributed by atoms with Gasteiger partial charge in [-0.05, 0) is 37.0 Å². The molecule has 0 radical (unpaired) electrons. The van der Waals surface area contributed by atoms with Gasteiger partial charge < -0.3 is 5.32 Å². The van der Waals surface area contributed by atoms with Gasteiger partial charge in [0.2, 0.25) is 0 Å². The summed E-state index contributed by atoms with van der Waals surface area (Å²) in [5, 5.41) is 3.69. The second kappa shape index (κ2) is 6.41. The molecule has 2 atom stereocenters. The first-order valence-electron chi connectivity index (χ1n) is 6.06. The SMILES string of the molecule is CCC(N[C@@H](C)c1ccc(Br)cc1)C(C)C. The molecule has 0 aliphatic rings. The van der Waals surface area contributed by atoms with Crippen molar-refractivity contribution < 1.29 is 0 Å². The predicted molar refractivity (Wildman–Crippen MR) is 74.6 cm³/mol. The van der Waals surface area contributed by atoms with Gasteiger partial charge in [0.1, 0.15) is 0 Å². The first-order valence-corrected chi connectivity index (χ1v) is 6.85. The Bertz CT molecular complexity index is 305. The summed E-state index contributed by atoms with van der Waals surface area (Å²) in [6.45, 7) is 9.02. The molecular formula is C14H22BrN. The molecular weight excluding hydrogens is 262 g/mol. The van der Waals surface area contributed by atoms with Crippen molar-refractivity contribution in [2.45, 2.75) is 46.2 Å². The van der Waals surface area contributed by atoms with Crippen molar-refractivity contribution in [1.29, 1.82) is 0 Å². The number of rotatable bonds is 5. The van der Waals surface area contributed by atoms with Crippen LogP contribution >= 0.6 is 15.9 Å². The van der Waals surface area contributed by atoms with Gasteiger partial charge in [-0.1, -0.05) is 48.8 Å². The highest BCUT2D eigenvalue weighted by Crippen LogP contribution is 2.18. The van der Waals surface area contributed by atoms with Crippen molar-refractivity contribution in [3.05, 3.63) is 34.3 Å². The van der Waals surface area contributed by atoms with Crippen LogP contribution < -0.4 is 5.32 Å². The average molecular weight is 284 g/mol. The van der Waals surface area contributed by atoms with E-state index in [9.17, 15) is 0 Å². The fourth-order valence-corrected chi connectivity index (χ4v) is 2.21. The van der Waals surface area contributed by atoms with Gasteiger partial charge in [0.15, 0.2) is 0 Å². The van der Waals surface area contributed by atoms with Crippen LogP contribution in [0.3, 0.4) is 0 Å². The van der Waals surface area contributed by atoms with Crippen LogP contribution in [-0.4, -0.2) is 6.04 Å². The van der Waals surface area contributed by atoms with E-state index in [2.05, 4.69) is 73.2 Å². The zero-order valence-corrected chi connectivity index (χ0v) is 12.2. The Kier molecular flexibility index (Phi) is 5.50. The van der Waals surface area contributed by atoms with E-state index < -0.39 is 0 Å². The topological polar surface area (TPSA) is 12.0 Å². The Labute approximate surface area is 108 Å². The Morgan fingerprint density at radius 3 is 2.12 bits per heavy atom. The summed E-state index contributed by atoms with van der Waals surface area (Å²) in [6.07, 6.45) is 1.18. The molecule has 1 rings (SSSR count). The normalized spacial score (nSPS) is 15.1. The Hall–Kier alpha value is -0.340. The first-order chi connectivity index (χ1) is 7.54. The summed E-state index contributed by atoms with van der Waals surface area (Å²) in [6, 6.07) is 9.57. The number of hydrogen-bond acceptors (Lipinski definition) is 1. The number of hydrogen-bond donors (Lipinski definition) is 1. The molecule has 0 saturated carbocycles. The van der Waals surface area contributed by atoms with Gasteiger partial charge in [0.05, 0.1) is 0 Å². The van der Waals surface area contributed by atoms with Gasteiger partial charge >= 0.3 is 0 Å². The van der Waals surface area contributed by atoms with Gasteiger partial charge in [-0.2, -0.15) is 0 Å². The van der Waals surface area contributed by atoms with Crippen molar-refractivity contribution in [3.63, 3.8) is 0 Å². The summed E-state index contributed by atoms with van der Waals surface area (Å²) >= 11 is 3.46. The summed E-state index contributed by atoms with van der Waals surface area (Å²) in [4.78, 5) is 0.